The molecule has 6 nitrogen and oxygen atoms in total. The Kier molecular flexibility index (Phi) is 4.40. The van der Waals surface area contributed by atoms with E-state index in [9.17, 15) is 4.79 Å². The van der Waals surface area contributed by atoms with Gasteiger partial charge in [0.15, 0.2) is 0 Å². The van der Waals surface area contributed by atoms with Crippen LogP contribution in [0.1, 0.15) is 19.5 Å². The Bertz CT molecular complexity index is 438. The minimum Gasteiger partial charge on any atom is -0.368 e. The predicted molar refractivity (Wildman–Crippen MR) is 63.0 cm³/mol. The second-order valence-corrected chi connectivity index (χ2v) is 4.09. The van der Waals surface area contributed by atoms with E-state index in [0.717, 1.165) is 0 Å². The molecule has 1 rings (SSSR count). The minimum absolute atomic E-state index is 0.0487. The molecule has 1 heterocycles. The van der Waals surface area contributed by atoms with Crippen molar-refractivity contribution in [3.63, 3.8) is 0 Å². The summed E-state index contributed by atoms with van der Waals surface area (Å²) in [5, 5.41) is 8.76. The van der Waals surface area contributed by atoms with Crippen LogP contribution >= 0.6 is 0 Å². The zero-order valence-corrected chi connectivity index (χ0v) is 9.92. The Balaban J connectivity index is 2.95. The van der Waals surface area contributed by atoms with Crippen molar-refractivity contribution < 1.29 is 4.79 Å². The van der Waals surface area contributed by atoms with E-state index in [2.05, 4.69) is 9.97 Å². The number of hydrogen-bond donors (Lipinski definition) is 1. The number of primary amides is 1. The molecule has 1 amide bonds. The highest BCUT2D eigenvalue weighted by atomic mass is 16.1. The first-order valence-electron chi connectivity index (χ1n) is 5.29. The standard InChI is InChI=1S/C11H15N5O/c1-8(2)6-16(7-10(13)17)11-14-4-3-9(5-12)15-11/h3-4,8H,6-7H2,1-2H3,(H2,13,17). The van der Waals surface area contributed by atoms with Gasteiger partial charge in [0.05, 0.1) is 6.54 Å². The smallest absolute Gasteiger partial charge is 0.237 e. The number of nitriles is 1. The number of nitrogens with two attached hydrogens (primary N) is 1. The Labute approximate surface area is 100 Å². The molecule has 0 atom stereocenters. The van der Waals surface area contributed by atoms with Gasteiger partial charge in [0.25, 0.3) is 0 Å². The largest absolute Gasteiger partial charge is 0.368 e. The SMILES string of the molecule is CC(C)CN(CC(N)=O)c1nccc(C#N)n1. The number of carbonyl (C=O) groups excluding carboxylic acids is 1. The maximum Gasteiger partial charge on any atom is 0.237 e. The fourth-order valence-corrected chi connectivity index (χ4v) is 1.41. The maximum absolute atomic E-state index is 11.0. The van der Waals surface area contributed by atoms with Gasteiger partial charge >= 0.3 is 0 Å². The van der Waals surface area contributed by atoms with Crippen LogP contribution in [0.3, 0.4) is 0 Å². The van der Waals surface area contributed by atoms with E-state index in [0.29, 0.717) is 18.4 Å². The number of hydrogen-bond acceptors (Lipinski definition) is 5. The topological polar surface area (TPSA) is 95.9 Å². The van der Waals surface area contributed by atoms with Crippen molar-refractivity contribution in [1.29, 1.82) is 5.26 Å². The van der Waals surface area contributed by atoms with Gasteiger partial charge in [0.2, 0.25) is 11.9 Å². The van der Waals surface area contributed by atoms with Crippen LogP contribution in [0, 0.1) is 17.2 Å². The van der Waals surface area contributed by atoms with Gasteiger partial charge in [-0.1, -0.05) is 13.8 Å². The second kappa shape index (κ2) is 5.80. The lowest BCUT2D eigenvalue weighted by Gasteiger charge is -2.22. The van der Waals surface area contributed by atoms with E-state index in [4.69, 9.17) is 11.0 Å². The molecular weight excluding hydrogens is 218 g/mol. The summed E-state index contributed by atoms with van der Waals surface area (Å²) in [5.41, 5.74) is 5.45. The summed E-state index contributed by atoms with van der Waals surface area (Å²) in [6, 6.07) is 3.45. The average molecular weight is 233 g/mol. The van der Waals surface area contributed by atoms with Crippen molar-refractivity contribution in [2.45, 2.75) is 13.8 Å². The second-order valence-electron chi connectivity index (χ2n) is 4.09. The highest BCUT2D eigenvalue weighted by molar-refractivity contribution is 5.78. The summed E-state index contributed by atoms with van der Waals surface area (Å²) in [6.07, 6.45) is 1.50. The third-order valence-electron chi connectivity index (χ3n) is 1.97. The minimum atomic E-state index is -0.448. The third-order valence-corrected chi connectivity index (χ3v) is 1.97. The molecule has 0 aliphatic carbocycles. The third kappa shape index (κ3) is 4.07. The van der Waals surface area contributed by atoms with Gasteiger partial charge in [0.1, 0.15) is 11.8 Å². The molecule has 17 heavy (non-hydrogen) atoms. The molecule has 90 valence electrons. The maximum atomic E-state index is 11.0. The van der Waals surface area contributed by atoms with Gasteiger partial charge in [-0.2, -0.15) is 5.26 Å². The highest BCUT2D eigenvalue weighted by Crippen LogP contribution is 2.09. The summed E-state index contributed by atoms with van der Waals surface area (Å²) < 4.78 is 0. The molecule has 0 aliphatic heterocycles. The van der Waals surface area contributed by atoms with Crippen molar-refractivity contribution in [3.05, 3.63) is 18.0 Å². The van der Waals surface area contributed by atoms with Crippen LogP contribution in [0.4, 0.5) is 5.95 Å². The first-order valence-corrected chi connectivity index (χ1v) is 5.29. The van der Waals surface area contributed by atoms with Crippen LogP contribution in [0.2, 0.25) is 0 Å². The van der Waals surface area contributed by atoms with Crippen LogP contribution < -0.4 is 10.6 Å². The van der Waals surface area contributed by atoms with Gasteiger partial charge in [0, 0.05) is 12.7 Å². The number of nitrogens with zero attached hydrogens (tertiary/aromatic N) is 4. The Hall–Kier alpha value is -2.16. The van der Waals surface area contributed by atoms with Gasteiger partial charge < -0.3 is 10.6 Å². The van der Waals surface area contributed by atoms with Crippen LogP contribution in [0.5, 0.6) is 0 Å². The molecule has 0 radical (unpaired) electrons. The quantitative estimate of drug-likeness (QED) is 0.788. The molecule has 0 saturated carbocycles. The van der Waals surface area contributed by atoms with E-state index < -0.39 is 5.91 Å². The van der Waals surface area contributed by atoms with Crippen LogP contribution in [-0.4, -0.2) is 29.0 Å². The number of amides is 1. The first kappa shape index (κ1) is 12.9. The number of rotatable bonds is 5. The monoisotopic (exact) mass is 233 g/mol. The fourth-order valence-electron chi connectivity index (χ4n) is 1.41. The van der Waals surface area contributed by atoms with Gasteiger partial charge in [-0.05, 0) is 12.0 Å². The molecule has 0 spiro atoms. The first-order chi connectivity index (χ1) is 8.02. The molecule has 0 saturated heterocycles. The molecule has 6 heteroatoms. The summed E-state index contributed by atoms with van der Waals surface area (Å²) in [5.74, 6) is 0.247. The molecule has 1 aromatic heterocycles. The van der Waals surface area contributed by atoms with Crippen molar-refractivity contribution in [3.8, 4) is 6.07 Å². The van der Waals surface area contributed by atoms with Crippen LogP contribution in [0.25, 0.3) is 0 Å². The molecule has 0 unspecified atom stereocenters. The molecule has 0 aliphatic rings. The molecule has 0 bridgehead atoms. The molecule has 0 fully saturated rings. The van der Waals surface area contributed by atoms with Crippen molar-refractivity contribution in [2.75, 3.05) is 18.0 Å². The van der Waals surface area contributed by atoms with Crippen LogP contribution in [0.15, 0.2) is 12.3 Å². The molecule has 2 N–H and O–H groups in total. The van der Waals surface area contributed by atoms with E-state index in [1.165, 1.54) is 12.3 Å². The molecule has 1 aromatic rings. The fraction of sp³-hybridized carbons (Fsp3) is 0.455. The van der Waals surface area contributed by atoms with Crippen molar-refractivity contribution in [2.24, 2.45) is 11.7 Å². The number of anilines is 1. The number of aromatic nitrogens is 2. The summed E-state index contributed by atoms with van der Waals surface area (Å²) >= 11 is 0. The van der Waals surface area contributed by atoms with E-state index >= 15 is 0 Å². The van der Waals surface area contributed by atoms with E-state index in [1.807, 2.05) is 19.9 Å². The summed E-state index contributed by atoms with van der Waals surface area (Å²) in [7, 11) is 0. The Morgan fingerprint density at radius 1 is 1.65 bits per heavy atom. The lowest BCUT2D eigenvalue weighted by atomic mass is 10.2. The normalized spacial score (nSPS) is 10.0. The lowest BCUT2D eigenvalue weighted by molar-refractivity contribution is -0.116. The zero-order chi connectivity index (χ0) is 12.8. The van der Waals surface area contributed by atoms with Gasteiger partial charge in [-0.3, -0.25) is 4.79 Å². The predicted octanol–water partition coefficient (Wildman–Crippen LogP) is 0.296. The van der Waals surface area contributed by atoms with Crippen molar-refractivity contribution in [1.82, 2.24) is 9.97 Å². The van der Waals surface area contributed by atoms with Crippen molar-refractivity contribution >= 4 is 11.9 Å². The average Bonchev–Trinajstić information content (AvgIpc) is 2.27. The van der Waals surface area contributed by atoms with Crippen LogP contribution in [-0.2, 0) is 4.79 Å². The Morgan fingerprint density at radius 2 is 2.35 bits per heavy atom. The summed E-state index contributed by atoms with van der Waals surface area (Å²) in [4.78, 5) is 20.7. The molecule has 0 aromatic carbocycles. The van der Waals surface area contributed by atoms with Gasteiger partial charge in [-0.15, -0.1) is 0 Å². The highest BCUT2D eigenvalue weighted by Gasteiger charge is 2.14. The summed E-state index contributed by atoms with van der Waals surface area (Å²) in [6.45, 7) is 4.69. The number of carbonyl (C=O) groups is 1. The molecular formula is C11H15N5O. The van der Waals surface area contributed by atoms with Gasteiger partial charge in [-0.25, -0.2) is 9.97 Å². The van der Waals surface area contributed by atoms with E-state index in [1.54, 1.807) is 4.90 Å². The zero-order valence-electron chi connectivity index (χ0n) is 9.92. The Morgan fingerprint density at radius 3 is 2.88 bits per heavy atom. The van der Waals surface area contributed by atoms with E-state index in [-0.39, 0.29) is 12.2 Å². The lowest BCUT2D eigenvalue weighted by Crippen LogP contribution is -2.37.